The first-order valence-electron chi connectivity index (χ1n) is 5.42. The van der Waals surface area contributed by atoms with Gasteiger partial charge in [-0.3, -0.25) is 10.1 Å². The Hall–Kier alpha value is -1.54. The number of thiazole rings is 1. The monoisotopic (exact) mass is 344 g/mol. The molecule has 2 heterocycles. The van der Waals surface area contributed by atoms with Crippen LogP contribution in [-0.4, -0.2) is 22.4 Å². The third kappa shape index (κ3) is 3.48. The summed E-state index contributed by atoms with van der Waals surface area (Å²) in [5.41, 5.74) is 0.146. The van der Waals surface area contributed by atoms with E-state index >= 15 is 0 Å². The summed E-state index contributed by atoms with van der Waals surface area (Å²) >= 11 is 4.52. The minimum atomic E-state index is -0.563. The summed E-state index contributed by atoms with van der Waals surface area (Å²) in [4.78, 5) is 19.9. The van der Waals surface area contributed by atoms with Crippen molar-refractivity contribution in [3.8, 4) is 0 Å². The maximum absolute atomic E-state index is 13.2. The molecule has 2 aromatic rings. The number of amides is 1. The molecule has 0 aliphatic heterocycles. The Morgan fingerprint density at radius 2 is 2.26 bits per heavy atom. The van der Waals surface area contributed by atoms with E-state index in [1.165, 1.54) is 11.3 Å². The molecule has 0 spiro atoms. The Morgan fingerprint density at radius 1 is 1.47 bits per heavy atom. The molecule has 0 atom stereocenters. The summed E-state index contributed by atoms with van der Waals surface area (Å²) in [7, 11) is 0. The quantitative estimate of drug-likeness (QED) is 0.894. The fraction of sp³-hybridized carbons (Fsp3) is 0.182. The summed E-state index contributed by atoms with van der Waals surface area (Å²) in [5, 5.41) is 5.94. The standard InChI is InChI=1S/C11H10BrFN4OS/c1-2-14-9-7(3-6(13)4-15-9)10(18)17-11-16-5-8(12)19-11/h3-5H,2H2,1H3,(H,14,15)(H,16,17,18). The van der Waals surface area contributed by atoms with Gasteiger partial charge in [-0.15, -0.1) is 0 Å². The number of halogens is 2. The van der Waals surface area contributed by atoms with Gasteiger partial charge < -0.3 is 5.32 Å². The van der Waals surface area contributed by atoms with E-state index in [9.17, 15) is 9.18 Å². The average molecular weight is 345 g/mol. The molecule has 1 amide bonds. The lowest BCUT2D eigenvalue weighted by molar-refractivity contribution is 0.102. The molecule has 0 aliphatic rings. The van der Waals surface area contributed by atoms with Crippen molar-refractivity contribution in [2.24, 2.45) is 0 Å². The highest BCUT2D eigenvalue weighted by Gasteiger charge is 2.15. The summed E-state index contributed by atoms with van der Waals surface area (Å²) in [5.74, 6) is -0.672. The van der Waals surface area contributed by atoms with Crippen molar-refractivity contribution >= 4 is 44.1 Å². The number of hydrogen-bond donors (Lipinski definition) is 2. The highest BCUT2D eigenvalue weighted by Crippen LogP contribution is 2.24. The molecule has 2 N–H and O–H groups in total. The van der Waals surface area contributed by atoms with Gasteiger partial charge >= 0.3 is 0 Å². The maximum Gasteiger partial charge on any atom is 0.261 e. The van der Waals surface area contributed by atoms with Crippen molar-refractivity contribution in [2.75, 3.05) is 17.2 Å². The number of carbonyl (C=O) groups is 1. The van der Waals surface area contributed by atoms with E-state index < -0.39 is 11.7 Å². The summed E-state index contributed by atoms with van der Waals surface area (Å²) < 4.78 is 14.0. The number of rotatable bonds is 4. The van der Waals surface area contributed by atoms with E-state index in [-0.39, 0.29) is 5.56 Å². The molecule has 0 aliphatic carbocycles. The predicted molar refractivity (Wildman–Crippen MR) is 76.1 cm³/mol. The normalized spacial score (nSPS) is 10.3. The first-order valence-corrected chi connectivity index (χ1v) is 7.03. The molecule has 0 saturated carbocycles. The molecule has 0 fully saturated rings. The Bertz CT molecular complexity index is 604. The number of anilines is 2. The average Bonchev–Trinajstić information content (AvgIpc) is 2.77. The molecule has 0 aromatic carbocycles. The Balaban J connectivity index is 2.24. The van der Waals surface area contributed by atoms with Crippen LogP contribution >= 0.6 is 27.3 Å². The van der Waals surface area contributed by atoms with Gasteiger partial charge in [0.05, 0.1) is 21.7 Å². The number of aromatic nitrogens is 2. The molecule has 0 unspecified atom stereocenters. The summed E-state index contributed by atoms with van der Waals surface area (Å²) in [6.45, 7) is 2.45. The molecule has 2 aromatic heterocycles. The number of hydrogen-bond acceptors (Lipinski definition) is 5. The second-order valence-electron chi connectivity index (χ2n) is 3.50. The SMILES string of the molecule is CCNc1ncc(F)cc1C(=O)Nc1ncc(Br)s1. The van der Waals surface area contributed by atoms with Crippen LogP contribution in [0.15, 0.2) is 22.2 Å². The van der Waals surface area contributed by atoms with E-state index in [1.54, 1.807) is 6.20 Å². The molecule has 0 bridgehead atoms. The van der Waals surface area contributed by atoms with Crippen molar-refractivity contribution in [3.05, 3.63) is 33.6 Å². The number of nitrogens with one attached hydrogen (secondary N) is 2. The minimum absolute atomic E-state index is 0.146. The smallest absolute Gasteiger partial charge is 0.261 e. The van der Waals surface area contributed by atoms with E-state index in [0.717, 1.165) is 16.0 Å². The summed E-state index contributed by atoms with van der Waals surface area (Å²) in [6, 6.07) is 1.14. The molecular formula is C11H10BrFN4OS. The maximum atomic E-state index is 13.2. The van der Waals surface area contributed by atoms with Crippen molar-refractivity contribution < 1.29 is 9.18 Å². The zero-order valence-electron chi connectivity index (χ0n) is 9.91. The fourth-order valence-corrected chi connectivity index (χ4v) is 2.50. The number of nitrogens with zero attached hydrogens (tertiary/aromatic N) is 2. The molecule has 8 heteroatoms. The zero-order chi connectivity index (χ0) is 13.8. The van der Waals surface area contributed by atoms with Crippen LogP contribution in [0.1, 0.15) is 17.3 Å². The van der Waals surface area contributed by atoms with Gasteiger partial charge in [0.15, 0.2) is 5.13 Å². The van der Waals surface area contributed by atoms with Gasteiger partial charge in [0.1, 0.15) is 11.6 Å². The molecule has 0 saturated heterocycles. The second kappa shape index (κ2) is 6.07. The molecule has 2 rings (SSSR count). The zero-order valence-corrected chi connectivity index (χ0v) is 12.3. The molecule has 19 heavy (non-hydrogen) atoms. The second-order valence-corrected chi connectivity index (χ2v) is 5.91. The van der Waals surface area contributed by atoms with Crippen LogP contribution in [0.3, 0.4) is 0 Å². The topological polar surface area (TPSA) is 66.9 Å². The minimum Gasteiger partial charge on any atom is -0.370 e. The molecule has 100 valence electrons. The van der Waals surface area contributed by atoms with Crippen molar-refractivity contribution in [3.63, 3.8) is 0 Å². The van der Waals surface area contributed by atoms with Crippen LogP contribution in [0.5, 0.6) is 0 Å². The highest BCUT2D eigenvalue weighted by atomic mass is 79.9. The van der Waals surface area contributed by atoms with Crippen LogP contribution in [0.2, 0.25) is 0 Å². The van der Waals surface area contributed by atoms with Crippen LogP contribution < -0.4 is 10.6 Å². The van der Waals surface area contributed by atoms with Gasteiger partial charge in [-0.25, -0.2) is 14.4 Å². The molecule has 5 nitrogen and oxygen atoms in total. The van der Waals surface area contributed by atoms with E-state index in [4.69, 9.17) is 0 Å². The Morgan fingerprint density at radius 3 is 2.89 bits per heavy atom. The van der Waals surface area contributed by atoms with Gasteiger partial charge in [-0.2, -0.15) is 0 Å². The third-order valence-corrected chi connectivity index (χ3v) is 3.53. The van der Waals surface area contributed by atoms with E-state index in [2.05, 4.69) is 36.5 Å². The highest BCUT2D eigenvalue weighted by molar-refractivity contribution is 9.11. The van der Waals surface area contributed by atoms with Crippen molar-refractivity contribution in [1.82, 2.24) is 9.97 Å². The van der Waals surface area contributed by atoms with Crippen LogP contribution in [-0.2, 0) is 0 Å². The van der Waals surface area contributed by atoms with Gasteiger partial charge in [0.25, 0.3) is 5.91 Å². The van der Waals surface area contributed by atoms with Crippen molar-refractivity contribution in [2.45, 2.75) is 6.92 Å². The fourth-order valence-electron chi connectivity index (χ4n) is 1.40. The van der Waals surface area contributed by atoms with Crippen LogP contribution in [0.25, 0.3) is 0 Å². The lowest BCUT2D eigenvalue weighted by Gasteiger charge is -2.08. The van der Waals surface area contributed by atoms with E-state index in [1.807, 2.05) is 6.92 Å². The van der Waals surface area contributed by atoms with Gasteiger partial charge in [-0.1, -0.05) is 11.3 Å². The van der Waals surface area contributed by atoms with Crippen LogP contribution in [0, 0.1) is 5.82 Å². The van der Waals surface area contributed by atoms with Gasteiger partial charge in [0.2, 0.25) is 0 Å². The van der Waals surface area contributed by atoms with Crippen molar-refractivity contribution in [1.29, 1.82) is 0 Å². The molecular weight excluding hydrogens is 335 g/mol. The Labute approximate surface area is 121 Å². The van der Waals surface area contributed by atoms with Crippen LogP contribution in [0.4, 0.5) is 15.3 Å². The number of pyridine rings is 1. The van der Waals surface area contributed by atoms with Gasteiger partial charge in [-0.05, 0) is 28.9 Å². The summed E-state index contributed by atoms with van der Waals surface area (Å²) in [6.07, 6.45) is 2.64. The third-order valence-electron chi connectivity index (χ3n) is 2.14. The lowest BCUT2D eigenvalue weighted by atomic mass is 10.2. The van der Waals surface area contributed by atoms with Gasteiger partial charge in [0, 0.05) is 6.54 Å². The number of carbonyl (C=O) groups excluding carboxylic acids is 1. The Kier molecular flexibility index (Phi) is 4.43. The van der Waals surface area contributed by atoms with E-state index in [0.29, 0.717) is 17.5 Å². The first-order chi connectivity index (χ1) is 9.10. The molecule has 0 radical (unpaired) electrons. The lowest BCUT2D eigenvalue weighted by Crippen LogP contribution is -2.16. The predicted octanol–water partition coefficient (Wildman–Crippen LogP) is 3.12. The largest absolute Gasteiger partial charge is 0.370 e. The first kappa shape index (κ1) is 13.9.